The number of nitrogens with one attached hydrogen (secondary N) is 2. The lowest BCUT2D eigenvalue weighted by Crippen LogP contribution is -2.40. The molecule has 0 saturated heterocycles. The Bertz CT molecular complexity index is 1320. The van der Waals surface area contributed by atoms with Crippen LogP contribution in [0.2, 0.25) is 0 Å². The maximum atomic E-state index is 12.9. The molecule has 0 spiro atoms. The normalized spacial score (nSPS) is 16.6. The van der Waals surface area contributed by atoms with Gasteiger partial charge in [0, 0.05) is 19.2 Å². The molecule has 0 aromatic heterocycles. The van der Waals surface area contributed by atoms with Gasteiger partial charge in [0.15, 0.2) is 5.75 Å². The molecule has 6 nitrogen and oxygen atoms in total. The molecule has 0 radical (unpaired) electrons. The van der Waals surface area contributed by atoms with Crippen molar-refractivity contribution in [2.45, 2.75) is 37.7 Å². The van der Waals surface area contributed by atoms with Crippen LogP contribution >= 0.6 is 15.9 Å². The van der Waals surface area contributed by atoms with Crippen LogP contribution in [0.4, 0.5) is 26.3 Å². The standard InChI is InChI=1S/C24H24BrF6N3O3S/c1-3-33-20(19(25)21(32-2)37-18-9-7-16(8-10-18)24(29,30)31)15-5-4-6-17(13-15)22(11-12-22)34-38(35,36)14-23(26,27)28/h4-10,13,32,34H,3,11-12,14H2,1-2H3/b21-19-,33-20+. The van der Waals surface area contributed by atoms with Gasteiger partial charge in [0.25, 0.3) is 0 Å². The lowest BCUT2D eigenvalue weighted by Gasteiger charge is -2.20. The van der Waals surface area contributed by atoms with Crippen LogP contribution in [0, 0.1) is 0 Å². The zero-order valence-electron chi connectivity index (χ0n) is 20.2. The molecule has 2 aromatic rings. The number of nitrogens with zero attached hydrogens (tertiary/aromatic N) is 1. The number of benzene rings is 2. The smallest absolute Gasteiger partial charge is 0.416 e. The van der Waals surface area contributed by atoms with E-state index < -0.39 is 39.2 Å². The molecule has 1 aliphatic rings. The summed E-state index contributed by atoms with van der Waals surface area (Å²) in [5.41, 5.74) is -0.625. The van der Waals surface area contributed by atoms with E-state index in [0.717, 1.165) is 12.1 Å². The first kappa shape index (κ1) is 30.0. The monoisotopic (exact) mass is 627 g/mol. The number of rotatable bonds is 10. The highest BCUT2D eigenvalue weighted by Gasteiger charge is 2.49. The third kappa shape index (κ3) is 7.73. The molecule has 1 aliphatic carbocycles. The molecule has 0 heterocycles. The quantitative estimate of drug-likeness (QED) is 0.197. The van der Waals surface area contributed by atoms with Crippen LogP contribution in [-0.2, 0) is 21.7 Å². The van der Waals surface area contributed by atoms with Crippen molar-refractivity contribution in [3.63, 3.8) is 0 Å². The Balaban J connectivity index is 1.92. The summed E-state index contributed by atoms with van der Waals surface area (Å²) >= 11 is 3.43. The topological polar surface area (TPSA) is 79.8 Å². The van der Waals surface area contributed by atoms with E-state index in [2.05, 4.69) is 31.0 Å². The Morgan fingerprint density at radius 3 is 2.21 bits per heavy atom. The lowest BCUT2D eigenvalue weighted by atomic mass is 10.00. The SMILES string of the molecule is CC/N=C(/C(Br)=C(\NC)Oc1ccc(C(F)(F)F)cc1)c1cccc(C2(NS(=O)(=O)CC(F)(F)F)CC2)c1. The zero-order valence-corrected chi connectivity index (χ0v) is 22.6. The van der Waals surface area contributed by atoms with E-state index in [0.29, 0.717) is 40.7 Å². The van der Waals surface area contributed by atoms with Gasteiger partial charge in [-0.2, -0.15) is 26.3 Å². The fraction of sp³-hybridized carbons (Fsp3) is 0.375. The fourth-order valence-corrected chi connectivity index (χ4v) is 5.73. The van der Waals surface area contributed by atoms with E-state index in [4.69, 9.17) is 4.74 Å². The van der Waals surface area contributed by atoms with Gasteiger partial charge < -0.3 is 10.1 Å². The zero-order chi connectivity index (χ0) is 28.4. The minimum absolute atomic E-state index is 0.125. The molecule has 0 bridgehead atoms. The van der Waals surface area contributed by atoms with Crippen molar-refractivity contribution in [1.29, 1.82) is 0 Å². The van der Waals surface area contributed by atoms with Gasteiger partial charge in [-0.1, -0.05) is 18.2 Å². The summed E-state index contributed by atoms with van der Waals surface area (Å²) in [5, 5.41) is 2.82. The number of halogens is 7. The summed E-state index contributed by atoms with van der Waals surface area (Å²) in [6.45, 7) is 2.10. The van der Waals surface area contributed by atoms with Crippen molar-refractivity contribution in [3.8, 4) is 5.75 Å². The van der Waals surface area contributed by atoms with Crippen LogP contribution in [0.5, 0.6) is 5.75 Å². The maximum absolute atomic E-state index is 12.9. The van der Waals surface area contributed by atoms with E-state index in [-0.39, 0.29) is 11.6 Å². The third-order valence-electron chi connectivity index (χ3n) is 5.50. The second-order valence-electron chi connectivity index (χ2n) is 8.48. The van der Waals surface area contributed by atoms with Gasteiger partial charge in [-0.05, 0) is 71.6 Å². The first-order valence-electron chi connectivity index (χ1n) is 11.3. The average Bonchev–Trinajstić information content (AvgIpc) is 3.58. The lowest BCUT2D eigenvalue weighted by molar-refractivity contribution is -0.137. The van der Waals surface area contributed by atoms with Crippen LogP contribution < -0.4 is 14.8 Å². The van der Waals surface area contributed by atoms with Crippen LogP contribution in [0.3, 0.4) is 0 Å². The van der Waals surface area contributed by atoms with Crippen molar-refractivity contribution in [3.05, 3.63) is 75.6 Å². The molecule has 0 atom stereocenters. The third-order valence-corrected chi connectivity index (χ3v) is 7.64. The average molecular weight is 628 g/mol. The largest absolute Gasteiger partial charge is 0.440 e. The summed E-state index contributed by atoms with van der Waals surface area (Å²) in [4.78, 5) is 4.47. The van der Waals surface area contributed by atoms with E-state index in [1.165, 1.54) is 19.2 Å². The van der Waals surface area contributed by atoms with Crippen molar-refractivity contribution in [1.82, 2.24) is 10.0 Å². The molecule has 0 amide bonds. The molecule has 2 N–H and O–H groups in total. The van der Waals surface area contributed by atoms with Crippen molar-refractivity contribution in [2.75, 3.05) is 19.3 Å². The highest BCUT2D eigenvalue weighted by molar-refractivity contribution is 9.12. The molecular weight excluding hydrogens is 604 g/mol. The summed E-state index contributed by atoms with van der Waals surface area (Å²) < 4.78 is 109. The van der Waals surface area contributed by atoms with Crippen molar-refractivity contribution >= 4 is 31.7 Å². The first-order valence-corrected chi connectivity index (χ1v) is 13.7. The molecule has 0 aliphatic heterocycles. The van der Waals surface area contributed by atoms with Crippen molar-refractivity contribution in [2.24, 2.45) is 4.99 Å². The minimum Gasteiger partial charge on any atom is -0.440 e. The Labute approximate surface area is 224 Å². The molecule has 38 heavy (non-hydrogen) atoms. The van der Waals surface area contributed by atoms with Gasteiger partial charge in [-0.15, -0.1) is 0 Å². The van der Waals surface area contributed by atoms with Gasteiger partial charge in [0.1, 0.15) is 10.2 Å². The van der Waals surface area contributed by atoms with Crippen LogP contribution in [0.25, 0.3) is 0 Å². The predicted molar refractivity (Wildman–Crippen MR) is 134 cm³/mol. The fourth-order valence-electron chi connectivity index (χ4n) is 3.68. The Kier molecular flexibility index (Phi) is 8.88. The summed E-state index contributed by atoms with van der Waals surface area (Å²) in [6, 6.07) is 10.7. The van der Waals surface area contributed by atoms with Gasteiger partial charge in [0.2, 0.25) is 15.9 Å². The molecule has 1 fully saturated rings. The van der Waals surface area contributed by atoms with E-state index in [1.54, 1.807) is 31.2 Å². The van der Waals surface area contributed by atoms with E-state index in [9.17, 15) is 34.8 Å². The van der Waals surface area contributed by atoms with Crippen LogP contribution in [-0.4, -0.2) is 39.7 Å². The molecule has 3 rings (SSSR count). The summed E-state index contributed by atoms with van der Waals surface area (Å²) in [7, 11) is -3.09. The van der Waals surface area contributed by atoms with E-state index >= 15 is 0 Å². The maximum Gasteiger partial charge on any atom is 0.416 e. The summed E-state index contributed by atoms with van der Waals surface area (Å²) in [6.07, 6.45) is -8.73. The molecule has 1 saturated carbocycles. The second kappa shape index (κ2) is 11.3. The minimum atomic E-state index is -4.88. The Morgan fingerprint density at radius 2 is 1.71 bits per heavy atom. The number of sulfonamides is 1. The number of hydrogen-bond donors (Lipinski definition) is 2. The van der Waals surface area contributed by atoms with Gasteiger partial charge >= 0.3 is 12.4 Å². The number of aliphatic imine (C=N–C) groups is 1. The number of ether oxygens (including phenoxy) is 1. The van der Waals surface area contributed by atoms with Gasteiger partial charge in [-0.3, -0.25) is 4.99 Å². The molecule has 208 valence electrons. The molecule has 2 aromatic carbocycles. The van der Waals surface area contributed by atoms with Crippen LogP contribution in [0.15, 0.2) is 63.9 Å². The van der Waals surface area contributed by atoms with E-state index in [1.807, 2.05) is 0 Å². The second-order valence-corrected chi connectivity index (χ2v) is 11.0. The molecular formula is C24H24BrF6N3O3S. The highest BCUT2D eigenvalue weighted by atomic mass is 79.9. The number of alkyl halides is 6. The Hall–Kier alpha value is -2.58. The van der Waals surface area contributed by atoms with Crippen LogP contribution in [0.1, 0.15) is 36.5 Å². The van der Waals surface area contributed by atoms with Gasteiger partial charge in [-0.25, -0.2) is 13.1 Å². The van der Waals surface area contributed by atoms with Gasteiger partial charge in [0.05, 0.1) is 16.8 Å². The Morgan fingerprint density at radius 1 is 1.08 bits per heavy atom. The first-order chi connectivity index (χ1) is 17.6. The number of hydrogen-bond acceptors (Lipinski definition) is 5. The molecule has 0 unspecified atom stereocenters. The number of allylic oxidation sites excluding steroid dienone is 1. The highest BCUT2D eigenvalue weighted by Crippen LogP contribution is 2.46. The predicted octanol–water partition coefficient (Wildman–Crippen LogP) is 5.85. The summed E-state index contributed by atoms with van der Waals surface area (Å²) in [5.74, 6) is -1.72. The van der Waals surface area contributed by atoms with Crippen molar-refractivity contribution < 1.29 is 39.5 Å². The molecule has 14 heteroatoms.